The van der Waals surface area contributed by atoms with Crippen molar-refractivity contribution in [3.05, 3.63) is 35.4 Å². The Morgan fingerprint density at radius 2 is 1.81 bits per heavy atom. The number of carbonyl (C=O) groups is 1. The zero-order valence-electron chi connectivity index (χ0n) is 11.8. The molecule has 1 aliphatic rings. The molecule has 1 fully saturated rings. The van der Waals surface area contributed by atoms with Crippen molar-refractivity contribution in [2.75, 3.05) is 13.1 Å². The molecular formula is C15H18F3NO2. The number of carboxylic acid groups (broad SMARTS) is 1. The molecule has 0 aromatic heterocycles. The number of benzene rings is 1. The molecule has 0 spiro atoms. The minimum absolute atomic E-state index is 0.214. The van der Waals surface area contributed by atoms with E-state index in [2.05, 4.69) is 0 Å². The van der Waals surface area contributed by atoms with Gasteiger partial charge >= 0.3 is 12.1 Å². The fraction of sp³-hybridized carbons (Fsp3) is 0.533. The summed E-state index contributed by atoms with van der Waals surface area (Å²) in [7, 11) is 0. The average molecular weight is 301 g/mol. The molecule has 1 unspecified atom stereocenters. The summed E-state index contributed by atoms with van der Waals surface area (Å²) >= 11 is 0. The van der Waals surface area contributed by atoms with Crippen LogP contribution in [0.25, 0.3) is 0 Å². The van der Waals surface area contributed by atoms with Crippen molar-refractivity contribution in [1.29, 1.82) is 0 Å². The lowest BCUT2D eigenvalue weighted by atomic mass is 9.86. The number of hydrogen-bond acceptors (Lipinski definition) is 2. The van der Waals surface area contributed by atoms with E-state index in [4.69, 9.17) is 5.11 Å². The molecule has 2 rings (SSSR count). The van der Waals surface area contributed by atoms with E-state index >= 15 is 0 Å². The summed E-state index contributed by atoms with van der Waals surface area (Å²) in [5.74, 6) is -1.01. The predicted molar refractivity (Wildman–Crippen MR) is 71.9 cm³/mol. The average Bonchev–Trinajstić information content (AvgIpc) is 2.91. The van der Waals surface area contributed by atoms with Crippen LogP contribution in [0.3, 0.4) is 0 Å². The quantitative estimate of drug-likeness (QED) is 0.925. The van der Waals surface area contributed by atoms with Crippen LogP contribution in [0.4, 0.5) is 13.2 Å². The van der Waals surface area contributed by atoms with Crippen LogP contribution in [0.2, 0.25) is 0 Å². The maximum absolute atomic E-state index is 12.9. The fourth-order valence-electron chi connectivity index (χ4n) is 2.93. The summed E-state index contributed by atoms with van der Waals surface area (Å²) < 4.78 is 38.6. The molecule has 1 aliphatic heterocycles. The lowest BCUT2D eigenvalue weighted by Gasteiger charge is -2.38. The number of halogens is 3. The molecule has 1 atom stereocenters. The molecule has 1 aromatic rings. The molecule has 1 N–H and O–H groups in total. The largest absolute Gasteiger partial charge is 0.481 e. The lowest BCUT2D eigenvalue weighted by Crippen LogP contribution is -2.43. The van der Waals surface area contributed by atoms with Crippen LogP contribution in [0, 0.1) is 0 Å². The van der Waals surface area contributed by atoms with Crippen LogP contribution in [-0.2, 0) is 16.5 Å². The molecule has 0 bridgehead atoms. The third-order valence-corrected chi connectivity index (χ3v) is 4.11. The zero-order chi connectivity index (χ0) is 15.7. The molecule has 1 saturated heterocycles. The van der Waals surface area contributed by atoms with Gasteiger partial charge in [-0.05, 0) is 50.6 Å². The van der Waals surface area contributed by atoms with Crippen LogP contribution in [0.15, 0.2) is 24.3 Å². The van der Waals surface area contributed by atoms with Gasteiger partial charge in [0.2, 0.25) is 0 Å². The van der Waals surface area contributed by atoms with E-state index in [9.17, 15) is 18.0 Å². The molecule has 0 amide bonds. The molecule has 1 heterocycles. The molecule has 116 valence electrons. The van der Waals surface area contributed by atoms with E-state index in [1.54, 1.807) is 13.0 Å². The molecule has 3 nitrogen and oxygen atoms in total. The lowest BCUT2D eigenvalue weighted by molar-refractivity contribution is -0.140. The summed E-state index contributed by atoms with van der Waals surface area (Å²) in [4.78, 5) is 13.1. The van der Waals surface area contributed by atoms with Crippen LogP contribution in [0.1, 0.15) is 37.3 Å². The van der Waals surface area contributed by atoms with Gasteiger partial charge in [-0.25, -0.2) is 0 Å². The maximum atomic E-state index is 12.9. The topological polar surface area (TPSA) is 40.5 Å². The normalized spacial score (nSPS) is 19.4. The first-order chi connectivity index (χ1) is 9.73. The Hall–Kier alpha value is -1.56. The summed E-state index contributed by atoms with van der Waals surface area (Å²) in [6, 6.07) is 5.00. The fourth-order valence-corrected chi connectivity index (χ4v) is 2.93. The second-order valence-corrected chi connectivity index (χ2v) is 5.62. The summed E-state index contributed by atoms with van der Waals surface area (Å²) in [6.07, 6.45) is -2.76. The molecule has 21 heavy (non-hydrogen) atoms. The van der Waals surface area contributed by atoms with Gasteiger partial charge in [-0.1, -0.05) is 12.1 Å². The highest BCUT2D eigenvalue weighted by atomic mass is 19.4. The van der Waals surface area contributed by atoms with Crippen LogP contribution in [0.5, 0.6) is 0 Å². The third kappa shape index (κ3) is 3.37. The first-order valence-electron chi connectivity index (χ1n) is 6.88. The van der Waals surface area contributed by atoms with Crippen LogP contribution in [-0.4, -0.2) is 29.1 Å². The first kappa shape index (κ1) is 15.8. The Morgan fingerprint density at radius 1 is 1.24 bits per heavy atom. The van der Waals surface area contributed by atoms with Crippen molar-refractivity contribution >= 4 is 5.97 Å². The predicted octanol–water partition coefficient (Wildman–Crippen LogP) is 3.49. The van der Waals surface area contributed by atoms with Crippen molar-refractivity contribution in [3.63, 3.8) is 0 Å². The second-order valence-electron chi connectivity index (χ2n) is 5.62. The molecular weight excluding hydrogens is 283 g/mol. The third-order valence-electron chi connectivity index (χ3n) is 4.11. The number of hydrogen-bond donors (Lipinski definition) is 1. The standard InChI is InChI=1S/C15H18F3NO2/c1-14(10-13(20)21,19-7-2-3-8-19)11-5-4-6-12(9-11)15(16,17)18/h4-6,9H,2-3,7-8,10H2,1H3,(H,20,21). The Kier molecular flexibility index (Phi) is 4.27. The monoisotopic (exact) mass is 301 g/mol. The Labute approximate surface area is 121 Å². The molecule has 0 aliphatic carbocycles. The van der Waals surface area contributed by atoms with Gasteiger partial charge in [0.25, 0.3) is 0 Å². The van der Waals surface area contributed by atoms with E-state index in [1.807, 2.05) is 4.90 Å². The Balaban J connectivity index is 2.43. The van der Waals surface area contributed by atoms with Crippen molar-refractivity contribution < 1.29 is 23.1 Å². The van der Waals surface area contributed by atoms with E-state index in [0.717, 1.165) is 25.0 Å². The van der Waals surface area contributed by atoms with Gasteiger partial charge in [0, 0.05) is 0 Å². The van der Waals surface area contributed by atoms with Gasteiger partial charge in [0.15, 0.2) is 0 Å². The molecule has 0 saturated carbocycles. The maximum Gasteiger partial charge on any atom is 0.416 e. The van der Waals surface area contributed by atoms with Crippen LogP contribution < -0.4 is 0 Å². The summed E-state index contributed by atoms with van der Waals surface area (Å²) in [6.45, 7) is 3.13. The highest BCUT2D eigenvalue weighted by Gasteiger charge is 2.39. The second kappa shape index (κ2) is 5.67. The smallest absolute Gasteiger partial charge is 0.416 e. The Morgan fingerprint density at radius 3 is 2.33 bits per heavy atom. The molecule has 1 aromatic carbocycles. The van der Waals surface area contributed by atoms with Crippen molar-refractivity contribution in [3.8, 4) is 0 Å². The van der Waals surface area contributed by atoms with Gasteiger partial charge < -0.3 is 5.11 Å². The van der Waals surface area contributed by atoms with E-state index in [1.165, 1.54) is 6.07 Å². The summed E-state index contributed by atoms with van der Waals surface area (Å²) in [5, 5.41) is 9.15. The zero-order valence-corrected chi connectivity index (χ0v) is 11.8. The minimum atomic E-state index is -4.43. The van der Waals surface area contributed by atoms with E-state index in [0.29, 0.717) is 18.7 Å². The van der Waals surface area contributed by atoms with E-state index in [-0.39, 0.29) is 6.42 Å². The van der Waals surface area contributed by atoms with Gasteiger partial charge in [-0.15, -0.1) is 0 Å². The number of likely N-dealkylation sites (tertiary alicyclic amines) is 1. The number of aliphatic carboxylic acids is 1. The number of alkyl halides is 3. The number of nitrogens with zero attached hydrogens (tertiary/aromatic N) is 1. The Bertz CT molecular complexity index is 524. The first-order valence-corrected chi connectivity index (χ1v) is 6.88. The van der Waals surface area contributed by atoms with Crippen molar-refractivity contribution in [1.82, 2.24) is 4.90 Å². The van der Waals surface area contributed by atoms with Crippen molar-refractivity contribution in [2.24, 2.45) is 0 Å². The SMILES string of the molecule is CC(CC(=O)O)(c1cccc(C(F)(F)F)c1)N1CCCC1. The van der Waals surface area contributed by atoms with E-state index < -0.39 is 23.2 Å². The number of carboxylic acids is 1. The highest BCUT2D eigenvalue weighted by Crippen LogP contribution is 2.37. The van der Waals surface area contributed by atoms with Gasteiger partial charge in [0.1, 0.15) is 0 Å². The van der Waals surface area contributed by atoms with Gasteiger partial charge in [-0.2, -0.15) is 13.2 Å². The van der Waals surface area contributed by atoms with Crippen LogP contribution >= 0.6 is 0 Å². The van der Waals surface area contributed by atoms with Gasteiger partial charge in [-0.3, -0.25) is 9.69 Å². The van der Waals surface area contributed by atoms with Crippen molar-refractivity contribution in [2.45, 2.75) is 37.9 Å². The summed E-state index contributed by atoms with van der Waals surface area (Å²) in [5.41, 5.74) is -1.25. The number of rotatable bonds is 4. The highest BCUT2D eigenvalue weighted by molar-refractivity contribution is 5.69. The molecule has 0 radical (unpaired) electrons. The van der Waals surface area contributed by atoms with Gasteiger partial charge in [0.05, 0.1) is 17.5 Å². The molecule has 6 heteroatoms. The minimum Gasteiger partial charge on any atom is -0.481 e.